The van der Waals surface area contributed by atoms with Gasteiger partial charge in [0.2, 0.25) is 11.0 Å². The van der Waals surface area contributed by atoms with Crippen molar-refractivity contribution in [2.75, 3.05) is 16.4 Å². The predicted octanol–water partition coefficient (Wildman–Crippen LogP) is 4.99. The number of aromatic nitrogens is 2. The second-order valence-electron chi connectivity index (χ2n) is 6.44. The van der Waals surface area contributed by atoms with Crippen LogP contribution in [-0.4, -0.2) is 27.6 Å². The summed E-state index contributed by atoms with van der Waals surface area (Å²) in [5.74, 6) is -0.302. The number of thioether (sulfide) groups is 1. The molecule has 2 N–H and O–H groups in total. The molecule has 29 heavy (non-hydrogen) atoms. The van der Waals surface area contributed by atoms with Crippen molar-refractivity contribution in [1.82, 2.24) is 10.2 Å². The highest BCUT2D eigenvalue weighted by molar-refractivity contribution is 8.01. The first-order chi connectivity index (χ1) is 13.9. The zero-order valence-corrected chi connectivity index (χ0v) is 17.4. The lowest BCUT2D eigenvalue weighted by Crippen LogP contribution is -2.17. The number of rotatable bonds is 8. The van der Waals surface area contributed by atoms with Gasteiger partial charge in [-0.3, -0.25) is 9.59 Å². The topological polar surface area (TPSA) is 84.0 Å². The van der Waals surface area contributed by atoms with Gasteiger partial charge in [0.15, 0.2) is 10.1 Å². The molecule has 0 bridgehead atoms. The van der Waals surface area contributed by atoms with Crippen LogP contribution in [0, 0.1) is 11.7 Å². The highest BCUT2D eigenvalue weighted by atomic mass is 32.2. The number of amides is 1. The number of nitrogens with zero attached hydrogens (tertiary/aromatic N) is 2. The van der Waals surface area contributed by atoms with Crippen LogP contribution in [0.3, 0.4) is 0 Å². The summed E-state index contributed by atoms with van der Waals surface area (Å²) < 4.78 is 13.6. The Labute approximate surface area is 175 Å². The van der Waals surface area contributed by atoms with Crippen LogP contribution in [0.4, 0.5) is 20.9 Å². The molecule has 2 aromatic carbocycles. The number of anilines is 3. The minimum Gasteiger partial charge on any atom is -0.330 e. The molecule has 3 rings (SSSR count). The van der Waals surface area contributed by atoms with Gasteiger partial charge in [0.1, 0.15) is 5.82 Å². The van der Waals surface area contributed by atoms with Crippen LogP contribution in [0.5, 0.6) is 0 Å². The Bertz CT molecular complexity index is 988. The largest absolute Gasteiger partial charge is 0.330 e. The first-order valence-electron chi connectivity index (χ1n) is 8.84. The van der Waals surface area contributed by atoms with E-state index in [9.17, 15) is 14.0 Å². The van der Waals surface area contributed by atoms with Gasteiger partial charge in [-0.25, -0.2) is 4.39 Å². The lowest BCUT2D eigenvalue weighted by Gasteiger charge is -2.08. The van der Waals surface area contributed by atoms with E-state index >= 15 is 0 Å². The Morgan fingerprint density at radius 2 is 1.69 bits per heavy atom. The molecule has 0 spiro atoms. The molecule has 0 atom stereocenters. The maximum atomic E-state index is 12.9. The van der Waals surface area contributed by atoms with Crippen LogP contribution in [0.1, 0.15) is 24.2 Å². The van der Waals surface area contributed by atoms with E-state index in [1.54, 1.807) is 36.4 Å². The lowest BCUT2D eigenvalue weighted by molar-refractivity contribution is -0.118. The zero-order chi connectivity index (χ0) is 20.8. The van der Waals surface area contributed by atoms with Crippen molar-refractivity contribution in [3.05, 3.63) is 59.9 Å². The molecule has 1 amide bonds. The number of hydrogen-bond donors (Lipinski definition) is 2. The number of carbonyl (C=O) groups excluding carboxylic acids is 2. The van der Waals surface area contributed by atoms with Gasteiger partial charge in [0.25, 0.3) is 0 Å². The molecule has 9 heteroatoms. The normalized spacial score (nSPS) is 10.8. The minimum atomic E-state index is -0.307. The molecule has 0 radical (unpaired) electrons. The summed E-state index contributed by atoms with van der Waals surface area (Å²) in [5.41, 5.74) is 1.93. The van der Waals surface area contributed by atoms with Crippen LogP contribution >= 0.6 is 23.1 Å². The number of carbonyl (C=O) groups is 2. The van der Waals surface area contributed by atoms with E-state index < -0.39 is 0 Å². The van der Waals surface area contributed by atoms with Crippen LogP contribution in [0.2, 0.25) is 0 Å². The van der Waals surface area contributed by atoms with Crippen molar-refractivity contribution in [3.63, 3.8) is 0 Å². The predicted molar refractivity (Wildman–Crippen MR) is 115 cm³/mol. The number of nitrogens with one attached hydrogen (secondary N) is 2. The molecule has 150 valence electrons. The van der Waals surface area contributed by atoms with Crippen molar-refractivity contribution in [3.8, 4) is 0 Å². The third kappa shape index (κ3) is 6.10. The molecule has 3 aromatic rings. The van der Waals surface area contributed by atoms with Gasteiger partial charge in [-0.2, -0.15) is 0 Å². The Morgan fingerprint density at radius 3 is 2.34 bits per heavy atom. The summed E-state index contributed by atoms with van der Waals surface area (Å²) in [6.07, 6.45) is 0. The van der Waals surface area contributed by atoms with E-state index in [-0.39, 0.29) is 29.2 Å². The molecule has 1 aromatic heterocycles. The van der Waals surface area contributed by atoms with Gasteiger partial charge in [0.05, 0.1) is 5.75 Å². The third-order valence-corrected chi connectivity index (χ3v) is 5.80. The molecule has 0 fully saturated rings. The summed E-state index contributed by atoms with van der Waals surface area (Å²) in [4.78, 5) is 24.1. The first-order valence-corrected chi connectivity index (χ1v) is 10.6. The molecule has 0 unspecified atom stereocenters. The Hall–Kier alpha value is -2.78. The summed E-state index contributed by atoms with van der Waals surface area (Å²) in [6, 6.07) is 12.8. The second kappa shape index (κ2) is 9.62. The summed E-state index contributed by atoms with van der Waals surface area (Å²) in [7, 11) is 0. The molecule has 0 aliphatic carbocycles. The van der Waals surface area contributed by atoms with Crippen LogP contribution in [0.25, 0.3) is 0 Å². The van der Waals surface area contributed by atoms with Crippen LogP contribution in [0.15, 0.2) is 52.9 Å². The summed E-state index contributed by atoms with van der Waals surface area (Å²) in [5, 5.41) is 14.5. The Balaban J connectivity index is 1.52. The fraction of sp³-hybridized carbons (Fsp3) is 0.200. The molecule has 0 saturated carbocycles. The minimum absolute atomic E-state index is 0.0417. The monoisotopic (exact) mass is 430 g/mol. The van der Waals surface area contributed by atoms with E-state index in [0.29, 0.717) is 26.4 Å². The second-order valence-corrected chi connectivity index (χ2v) is 8.64. The average molecular weight is 431 g/mol. The summed E-state index contributed by atoms with van der Waals surface area (Å²) >= 11 is 2.62. The van der Waals surface area contributed by atoms with Gasteiger partial charge in [-0.1, -0.05) is 36.9 Å². The summed E-state index contributed by atoms with van der Waals surface area (Å²) in [6.45, 7) is 3.64. The van der Waals surface area contributed by atoms with Crippen LogP contribution in [-0.2, 0) is 4.79 Å². The van der Waals surface area contributed by atoms with Gasteiger partial charge >= 0.3 is 0 Å². The standard InChI is InChI=1S/C20H19FN4O2S2/c1-12(2)18(27)22-15-7-3-13(4-8-15)17(26)11-28-20-25-24-19(29-20)23-16-9-5-14(21)6-10-16/h3-10,12H,11H2,1-2H3,(H,22,27)(H,23,24). The number of benzene rings is 2. The van der Waals surface area contributed by atoms with Gasteiger partial charge in [0, 0.05) is 22.9 Å². The molecular weight excluding hydrogens is 411 g/mol. The van der Waals surface area contributed by atoms with E-state index in [0.717, 1.165) is 0 Å². The SMILES string of the molecule is CC(C)C(=O)Nc1ccc(C(=O)CSc2nnc(Nc3ccc(F)cc3)s2)cc1. The maximum absolute atomic E-state index is 12.9. The van der Waals surface area contributed by atoms with Gasteiger partial charge in [-0.05, 0) is 48.5 Å². The highest BCUT2D eigenvalue weighted by Crippen LogP contribution is 2.28. The van der Waals surface area contributed by atoms with E-state index in [2.05, 4.69) is 20.8 Å². The number of ketones is 1. The van der Waals surface area contributed by atoms with E-state index in [1.165, 1.54) is 35.2 Å². The Kier molecular flexibility index (Phi) is 6.95. The molecular formula is C20H19FN4O2S2. The first kappa shape index (κ1) is 20.9. The highest BCUT2D eigenvalue weighted by Gasteiger charge is 2.12. The number of hydrogen-bond acceptors (Lipinski definition) is 7. The van der Waals surface area contributed by atoms with Crippen molar-refractivity contribution in [2.24, 2.45) is 5.92 Å². The van der Waals surface area contributed by atoms with Crippen molar-refractivity contribution in [2.45, 2.75) is 18.2 Å². The van der Waals surface area contributed by atoms with Gasteiger partial charge < -0.3 is 10.6 Å². The molecule has 0 aliphatic heterocycles. The fourth-order valence-corrected chi connectivity index (χ4v) is 3.88. The Morgan fingerprint density at radius 1 is 1.03 bits per heavy atom. The molecule has 1 heterocycles. The molecule has 0 saturated heterocycles. The molecule has 6 nitrogen and oxygen atoms in total. The zero-order valence-electron chi connectivity index (χ0n) is 15.8. The quantitative estimate of drug-likeness (QED) is 0.387. The fourth-order valence-electron chi connectivity index (χ4n) is 2.21. The van der Waals surface area contributed by atoms with E-state index in [4.69, 9.17) is 0 Å². The average Bonchev–Trinajstić information content (AvgIpc) is 3.15. The number of halogens is 1. The van der Waals surface area contributed by atoms with Crippen molar-refractivity contribution >= 4 is 51.3 Å². The molecule has 0 aliphatic rings. The maximum Gasteiger partial charge on any atom is 0.226 e. The number of Topliss-reactive ketones (excluding diaryl/α,β-unsaturated/α-hetero) is 1. The van der Waals surface area contributed by atoms with Gasteiger partial charge in [-0.15, -0.1) is 10.2 Å². The van der Waals surface area contributed by atoms with E-state index in [1.807, 2.05) is 13.8 Å². The third-order valence-electron chi connectivity index (χ3n) is 3.83. The van der Waals surface area contributed by atoms with Crippen molar-refractivity contribution in [1.29, 1.82) is 0 Å². The van der Waals surface area contributed by atoms with Crippen molar-refractivity contribution < 1.29 is 14.0 Å². The lowest BCUT2D eigenvalue weighted by atomic mass is 10.1. The van der Waals surface area contributed by atoms with Crippen LogP contribution < -0.4 is 10.6 Å². The smallest absolute Gasteiger partial charge is 0.226 e.